The van der Waals surface area contributed by atoms with Crippen LogP contribution in [0.2, 0.25) is 0 Å². The predicted molar refractivity (Wildman–Crippen MR) is 147 cm³/mol. The summed E-state index contributed by atoms with van der Waals surface area (Å²) in [6.07, 6.45) is 9.22. The Labute approximate surface area is 223 Å². The van der Waals surface area contributed by atoms with E-state index in [2.05, 4.69) is 20.4 Å². The maximum atomic E-state index is 13.3. The third-order valence-electron chi connectivity index (χ3n) is 7.72. The fourth-order valence-electron chi connectivity index (χ4n) is 5.70. The summed E-state index contributed by atoms with van der Waals surface area (Å²) in [6, 6.07) is 9.73. The van der Waals surface area contributed by atoms with Crippen LogP contribution in [-0.2, 0) is 9.59 Å². The molecule has 2 aromatic rings. The van der Waals surface area contributed by atoms with Gasteiger partial charge in [0, 0.05) is 33.6 Å². The molecule has 0 aromatic heterocycles. The van der Waals surface area contributed by atoms with E-state index in [0.29, 0.717) is 35.6 Å². The van der Waals surface area contributed by atoms with Crippen LogP contribution in [0.25, 0.3) is 0 Å². The first-order valence-electron chi connectivity index (χ1n) is 13.9. The third kappa shape index (κ3) is 6.19. The minimum Gasteiger partial charge on any atom is -0.325 e. The van der Waals surface area contributed by atoms with Crippen molar-refractivity contribution in [2.45, 2.75) is 51.4 Å². The standard InChI is InChI=1S/C30H36N4O4/c35-27(19-33-13-5-1-2-6-14-33)31-21-9-11-23-25(17-21)29(37)24-12-10-22(18-26(24)30(23)38)32-28(36)20-34-15-7-3-4-8-16-34/h9-12,17-18H,1-8,13-16,19-20H2,(H,31,35)(H,32,36). The SMILES string of the molecule is O=C(CN1CCCCCC1)Nc1ccc2c(c1)C(=O)c1ccc(NC(=O)CN3CCCCCC3)cc1C2=O. The van der Waals surface area contributed by atoms with Gasteiger partial charge < -0.3 is 10.6 Å². The van der Waals surface area contributed by atoms with Crippen molar-refractivity contribution in [1.29, 1.82) is 0 Å². The van der Waals surface area contributed by atoms with Gasteiger partial charge in [-0.1, -0.05) is 25.7 Å². The van der Waals surface area contributed by atoms with Crippen LogP contribution in [0.5, 0.6) is 0 Å². The summed E-state index contributed by atoms with van der Waals surface area (Å²) in [5.41, 5.74) is 2.19. The van der Waals surface area contributed by atoms with E-state index >= 15 is 0 Å². The van der Waals surface area contributed by atoms with Crippen molar-refractivity contribution in [3.8, 4) is 0 Å². The number of rotatable bonds is 6. The number of nitrogens with one attached hydrogen (secondary N) is 2. The molecule has 5 rings (SSSR count). The lowest BCUT2D eigenvalue weighted by atomic mass is 9.83. The number of carbonyl (C=O) groups excluding carboxylic acids is 4. The van der Waals surface area contributed by atoms with E-state index in [9.17, 15) is 19.2 Å². The quantitative estimate of drug-likeness (QED) is 0.512. The van der Waals surface area contributed by atoms with Gasteiger partial charge >= 0.3 is 0 Å². The van der Waals surface area contributed by atoms with Crippen LogP contribution < -0.4 is 10.6 Å². The van der Waals surface area contributed by atoms with E-state index in [-0.39, 0.29) is 34.5 Å². The second-order valence-electron chi connectivity index (χ2n) is 10.7. The van der Waals surface area contributed by atoms with Crippen molar-refractivity contribution in [2.75, 3.05) is 49.9 Å². The number of hydrogen-bond acceptors (Lipinski definition) is 6. The van der Waals surface area contributed by atoms with Crippen LogP contribution in [0.4, 0.5) is 11.4 Å². The molecule has 2 aromatic carbocycles. The van der Waals surface area contributed by atoms with Crippen molar-refractivity contribution >= 4 is 34.8 Å². The number of benzene rings is 2. The Morgan fingerprint density at radius 2 is 0.921 bits per heavy atom. The average Bonchev–Trinajstić information content (AvgIpc) is 3.32. The molecule has 2 aliphatic heterocycles. The number of ketones is 2. The Bertz CT molecular complexity index is 1130. The predicted octanol–water partition coefficient (Wildman–Crippen LogP) is 4.09. The molecule has 0 atom stereocenters. The van der Waals surface area contributed by atoms with Crippen molar-refractivity contribution in [2.24, 2.45) is 0 Å². The molecule has 2 N–H and O–H groups in total. The molecule has 200 valence electrons. The summed E-state index contributed by atoms with van der Waals surface area (Å²) in [5, 5.41) is 5.78. The van der Waals surface area contributed by atoms with Crippen molar-refractivity contribution in [3.63, 3.8) is 0 Å². The minimum absolute atomic E-state index is 0.123. The maximum absolute atomic E-state index is 13.3. The zero-order valence-corrected chi connectivity index (χ0v) is 21.9. The minimum atomic E-state index is -0.263. The van der Waals surface area contributed by atoms with Gasteiger partial charge in [0.15, 0.2) is 11.6 Å². The van der Waals surface area contributed by atoms with E-state index in [4.69, 9.17) is 0 Å². The summed E-state index contributed by atoms with van der Waals surface area (Å²) in [4.78, 5) is 56.2. The Morgan fingerprint density at radius 1 is 0.553 bits per heavy atom. The number of carbonyl (C=O) groups is 4. The molecule has 0 bridgehead atoms. The lowest BCUT2D eigenvalue weighted by molar-refractivity contribution is -0.118. The highest BCUT2D eigenvalue weighted by molar-refractivity contribution is 6.29. The van der Waals surface area contributed by atoms with Crippen molar-refractivity contribution in [1.82, 2.24) is 9.80 Å². The summed E-state index contributed by atoms with van der Waals surface area (Å²) < 4.78 is 0. The smallest absolute Gasteiger partial charge is 0.238 e. The van der Waals surface area contributed by atoms with Gasteiger partial charge in [-0.25, -0.2) is 0 Å². The Morgan fingerprint density at radius 3 is 1.29 bits per heavy atom. The van der Waals surface area contributed by atoms with Gasteiger partial charge in [-0.3, -0.25) is 29.0 Å². The fraction of sp³-hybridized carbons (Fsp3) is 0.467. The normalized spacial score (nSPS) is 18.6. The van der Waals surface area contributed by atoms with E-state index < -0.39 is 0 Å². The number of anilines is 2. The van der Waals surface area contributed by atoms with Gasteiger partial charge in [-0.2, -0.15) is 0 Å². The van der Waals surface area contributed by atoms with Gasteiger partial charge in [0.2, 0.25) is 11.8 Å². The lowest BCUT2D eigenvalue weighted by Crippen LogP contribution is -2.34. The zero-order valence-electron chi connectivity index (χ0n) is 21.9. The first-order valence-corrected chi connectivity index (χ1v) is 13.9. The van der Waals surface area contributed by atoms with Gasteiger partial charge in [0.05, 0.1) is 13.1 Å². The molecule has 0 spiro atoms. The number of fused-ring (bicyclic) bond motifs is 2. The number of likely N-dealkylation sites (tertiary alicyclic amines) is 2. The van der Waals surface area contributed by atoms with E-state index in [1.54, 1.807) is 36.4 Å². The monoisotopic (exact) mass is 516 g/mol. The Hall–Kier alpha value is -3.36. The molecular weight excluding hydrogens is 480 g/mol. The van der Waals surface area contributed by atoms with Crippen LogP contribution in [0.15, 0.2) is 36.4 Å². The molecule has 2 amide bonds. The average molecular weight is 517 g/mol. The van der Waals surface area contributed by atoms with Crippen molar-refractivity contribution in [3.05, 3.63) is 58.7 Å². The number of hydrogen-bond donors (Lipinski definition) is 2. The summed E-state index contributed by atoms with van der Waals surface area (Å²) >= 11 is 0. The summed E-state index contributed by atoms with van der Waals surface area (Å²) in [6.45, 7) is 4.31. The molecule has 8 heteroatoms. The molecule has 2 fully saturated rings. The van der Waals surface area contributed by atoms with Crippen LogP contribution in [0.1, 0.15) is 83.2 Å². The van der Waals surface area contributed by atoms with Gasteiger partial charge in [-0.05, 0) is 88.3 Å². The number of nitrogens with zero attached hydrogens (tertiary/aromatic N) is 2. The fourth-order valence-corrected chi connectivity index (χ4v) is 5.70. The topological polar surface area (TPSA) is 98.8 Å². The van der Waals surface area contributed by atoms with Gasteiger partial charge in [0.1, 0.15) is 0 Å². The van der Waals surface area contributed by atoms with Crippen LogP contribution in [0, 0.1) is 0 Å². The first-order chi connectivity index (χ1) is 18.5. The van der Waals surface area contributed by atoms with Gasteiger partial charge in [0.25, 0.3) is 0 Å². The van der Waals surface area contributed by atoms with E-state index in [1.165, 1.54) is 25.7 Å². The van der Waals surface area contributed by atoms with E-state index in [1.807, 2.05) is 0 Å². The highest BCUT2D eigenvalue weighted by Gasteiger charge is 2.30. The molecular formula is C30H36N4O4. The lowest BCUT2D eigenvalue weighted by Gasteiger charge is -2.21. The van der Waals surface area contributed by atoms with Crippen LogP contribution in [0.3, 0.4) is 0 Å². The van der Waals surface area contributed by atoms with Crippen LogP contribution >= 0.6 is 0 Å². The van der Waals surface area contributed by atoms with E-state index in [0.717, 1.165) is 51.9 Å². The molecule has 38 heavy (non-hydrogen) atoms. The highest BCUT2D eigenvalue weighted by atomic mass is 16.2. The summed E-state index contributed by atoms with van der Waals surface area (Å²) in [7, 11) is 0. The van der Waals surface area contributed by atoms with Crippen LogP contribution in [-0.4, -0.2) is 72.4 Å². The zero-order chi connectivity index (χ0) is 26.5. The first kappa shape index (κ1) is 26.3. The largest absolute Gasteiger partial charge is 0.325 e. The molecule has 1 aliphatic carbocycles. The number of amides is 2. The highest BCUT2D eigenvalue weighted by Crippen LogP contribution is 2.31. The van der Waals surface area contributed by atoms with Gasteiger partial charge in [-0.15, -0.1) is 0 Å². The molecule has 0 unspecified atom stereocenters. The maximum Gasteiger partial charge on any atom is 0.238 e. The molecule has 0 saturated carbocycles. The Kier molecular flexibility index (Phi) is 8.29. The summed E-state index contributed by atoms with van der Waals surface area (Å²) in [5.74, 6) is -0.772. The molecule has 8 nitrogen and oxygen atoms in total. The molecule has 2 saturated heterocycles. The molecule has 0 radical (unpaired) electrons. The molecule has 2 heterocycles. The second kappa shape index (κ2) is 12.0. The second-order valence-corrected chi connectivity index (χ2v) is 10.7. The third-order valence-corrected chi connectivity index (χ3v) is 7.72. The Balaban J connectivity index is 1.25. The molecule has 3 aliphatic rings. The van der Waals surface area contributed by atoms with Crippen molar-refractivity contribution < 1.29 is 19.2 Å².